The molecular weight excluding hydrogens is 283 g/mol. The van der Waals surface area contributed by atoms with Crippen molar-refractivity contribution in [2.45, 2.75) is 13.1 Å². The summed E-state index contributed by atoms with van der Waals surface area (Å²) in [6, 6.07) is 3.82. The molecule has 0 aliphatic carbocycles. The molecule has 0 atom stereocenters. The number of halogens is 3. The van der Waals surface area contributed by atoms with Crippen molar-refractivity contribution in [3.63, 3.8) is 0 Å². The van der Waals surface area contributed by atoms with Crippen LogP contribution in [0.2, 0.25) is 0 Å². The van der Waals surface area contributed by atoms with Crippen LogP contribution in [0.1, 0.15) is 18.1 Å². The summed E-state index contributed by atoms with van der Waals surface area (Å²) in [5.74, 6) is -1.30. The maximum atomic E-state index is 13.1. The Balaban J connectivity index is 3.30. The maximum Gasteiger partial charge on any atom is 0.417 e. The Labute approximate surface area is 121 Å². The van der Waals surface area contributed by atoms with Gasteiger partial charge >= 0.3 is 12.1 Å². The molecule has 1 aromatic rings. The fraction of sp³-hybridized carbons (Fsp3) is 0.267. The van der Waals surface area contributed by atoms with Crippen LogP contribution in [0.15, 0.2) is 36.9 Å². The zero-order chi connectivity index (χ0) is 16.0. The summed E-state index contributed by atoms with van der Waals surface area (Å²) in [5, 5.41) is 8.53. The van der Waals surface area contributed by atoms with Gasteiger partial charge in [0.2, 0.25) is 0 Å². The first-order valence-corrected chi connectivity index (χ1v) is 6.27. The number of aliphatic carboxylic acids is 1. The summed E-state index contributed by atoms with van der Waals surface area (Å²) < 4.78 is 39.3. The first-order valence-electron chi connectivity index (χ1n) is 6.27. The number of likely N-dealkylation sites (N-methyl/N-ethyl adjacent to an activating group) is 1. The Kier molecular flexibility index (Phi) is 5.58. The Hall–Kier alpha value is -2.24. The number of anilines is 1. The summed E-state index contributed by atoms with van der Waals surface area (Å²) >= 11 is 0. The highest BCUT2D eigenvalue weighted by Crippen LogP contribution is 2.35. The number of nitrogens with zero attached hydrogens (tertiary/aromatic N) is 1. The molecule has 0 saturated carbocycles. The third-order valence-corrected chi connectivity index (χ3v) is 2.84. The van der Waals surface area contributed by atoms with E-state index in [0.717, 1.165) is 12.1 Å². The largest absolute Gasteiger partial charge is 0.478 e. The Bertz CT molecular complexity index is 550. The van der Waals surface area contributed by atoms with Crippen molar-refractivity contribution in [1.29, 1.82) is 0 Å². The molecule has 0 unspecified atom stereocenters. The van der Waals surface area contributed by atoms with Crippen molar-refractivity contribution in [2.24, 2.45) is 0 Å². The third-order valence-electron chi connectivity index (χ3n) is 2.84. The zero-order valence-electron chi connectivity index (χ0n) is 11.5. The van der Waals surface area contributed by atoms with Gasteiger partial charge in [0.05, 0.1) is 5.56 Å². The number of hydrogen-bond donors (Lipinski definition) is 1. The van der Waals surface area contributed by atoms with Gasteiger partial charge in [-0.1, -0.05) is 12.1 Å². The smallest absolute Gasteiger partial charge is 0.417 e. The van der Waals surface area contributed by atoms with E-state index in [1.54, 1.807) is 11.0 Å². The lowest BCUT2D eigenvalue weighted by Crippen LogP contribution is -2.23. The molecule has 0 aliphatic rings. The molecule has 0 saturated heterocycles. The van der Waals surface area contributed by atoms with E-state index in [-0.39, 0.29) is 5.56 Å². The standard InChI is InChI=1S/C15H16F3NO2/c1-3-9-19(4-2)12-7-5-11(6-8-14(20)21)13(10-12)15(16,17)18/h3,5-8,10H,1,4,9H2,2H3,(H,20,21)/b8-6+. The number of hydrogen-bond acceptors (Lipinski definition) is 2. The van der Waals surface area contributed by atoms with E-state index < -0.39 is 17.7 Å². The molecule has 0 aliphatic heterocycles. The minimum absolute atomic E-state index is 0.177. The van der Waals surface area contributed by atoms with Crippen molar-refractivity contribution >= 4 is 17.7 Å². The summed E-state index contributed by atoms with van der Waals surface area (Å²) in [5.41, 5.74) is -0.625. The molecule has 0 amide bonds. The van der Waals surface area contributed by atoms with E-state index in [0.29, 0.717) is 24.9 Å². The van der Waals surface area contributed by atoms with Gasteiger partial charge < -0.3 is 10.0 Å². The van der Waals surface area contributed by atoms with Gasteiger partial charge in [-0.2, -0.15) is 13.2 Å². The van der Waals surface area contributed by atoms with Crippen molar-refractivity contribution in [2.75, 3.05) is 18.0 Å². The second-order valence-electron chi connectivity index (χ2n) is 4.27. The highest BCUT2D eigenvalue weighted by Gasteiger charge is 2.33. The van der Waals surface area contributed by atoms with Crippen LogP contribution < -0.4 is 4.90 Å². The lowest BCUT2D eigenvalue weighted by atomic mass is 10.0. The first-order chi connectivity index (χ1) is 9.79. The topological polar surface area (TPSA) is 40.5 Å². The van der Waals surface area contributed by atoms with Crippen LogP contribution in [0.25, 0.3) is 6.08 Å². The minimum atomic E-state index is -4.55. The van der Waals surface area contributed by atoms with Crippen molar-refractivity contribution in [3.8, 4) is 0 Å². The summed E-state index contributed by atoms with van der Waals surface area (Å²) in [6.07, 6.45) is -1.32. The van der Waals surface area contributed by atoms with Crippen LogP contribution in [-0.4, -0.2) is 24.2 Å². The van der Waals surface area contributed by atoms with E-state index in [1.165, 1.54) is 12.1 Å². The number of carboxylic acid groups (broad SMARTS) is 1. The number of alkyl halides is 3. The second-order valence-corrected chi connectivity index (χ2v) is 4.27. The highest BCUT2D eigenvalue weighted by molar-refractivity contribution is 5.85. The lowest BCUT2D eigenvalue weighted by Gasteiger charge is -2.23. The van der Waals surface area contributed by atoms with Gasteiger partial charge in [0, 0.05) is 24.9 Å². The van der Waals surface area contributed by atoms with Gasteiger partial charge in [-0.3, -0.25) is 0 Å². The molecule has 1 rings (SSSR count). The van der Waals surface area contributed by atoms with E-state index in [1.807, 2.05) is 6.92 Å². The molecule has 6 heteroatoms. The zero-order valence-corrected chi connectivity index (χ0v) is 11.5. The van der Waals surface area contributed by atoms with Gasteiger partial charge in [0.15, 0.2) is 0 Å². The molecule has 0 bridgehead atoms. The van der Waals surface area contributed by atoms with Gasteiger partial charge in [-0.15, -0.1) is 6.58 Å². The summed E-state index contributed by atoms with van der Waals surface area (Å²) in [7, 11) is 0. The predicted octanol–water partition coefficient (Wildman–Crippen LogP) is 3.82. The Morgan fingerprint density at radius 3 is 2.57 bits per heavy atom. The molecule has 114 valence electrons. The van der Waals surface area contributed by atoms with Gasteiger partial charge in [-0.05, 0) is 30.7 Å². The van der Waals surface area contributed by atoms with Crippen molar-refractivity contribution < 1.29 is 23.1 Å². The van der Waals surface area contributed by atoms with Crippen LogP contribution in [0.4, 0.5) is 18.9 Å². The van der Waals surface area contributed by atoms with Crippen LogP contribution in [0.3, 0.4) is 0 Å². The number of rotatable bonds is 6. The van der Waals surface area contributed by atoms with Crippen LogP contribution >= 0.6 is 0 Å². The summed E-state index contributed by atoms with van der Waals surface area (Å²) in [4.78, 5) is 12.2. The fourth-order valence-electron chi connectivity index (χ4n) is 1.87. The number of benzene rings is 1. The molecule has 1 N–H and O–H groups in total. The van der Waals surface area contributed by atoms with Crippen LogP contribution in [-0.2, 0) is 11.0 Å². The quantitative estimate of drug-likeness (QED) is 0.641. The minimum Gasteiger partial charge on any atom is -0.478 e. The number of carboxylic acids is 1. The second kappa shape index (κ2) is 6.97. The Morgan fingerprint density at radius 2 is 2.10 bits per heavy atom. The molecule has 1 aromatic carbocycles. The molecule has 0 radical (unpaired) electrons. The van der Waals surface area contributed by atoms with E-state index in [4.69, 9.17) is 5.11 Å². The molecule has 0 fully saturated rings. The molecule has 3 nitrogen and oxygen atoms in total. The molecule has 0 spiro atoms. The van der Waals surface area contributed by atoms with Gasteiger partial charge in [0.25, 0.3) is 0 Å². The average Bonchev–Trinajstić information content (AvgIpc) is 2.41. The molecule has 0 aromatic heterocycles. The van der Waals surface area contributed by atoms with Gasteiger partial charge in [-0.25, -0.2) is 4.79 Å². The molecular formula is C15H16F3NO2. The molecule has 0 heterocycles. The van der Waals surface area contributed by atoms with Crippen molar-refractivity contribution in [1.82, 2.24) is 0 Å². The van der Waals surface area contributed by atoms with E-state index in [2.05, 4.69) is 6.58 Å². The fourth-order valence-corrected chi connectivity index (χ4v) is 1.87. The normalized spacial score (nSPS) is 11.6. The monoisotopic (exact) mass is 299 g/mol. The predicted molar refractivity (Wildman–Crippen MR) is 76.2 cm³/mol. The SMILES string of the molecule is C=CCN(CC)c1ccc(/C=C/C(=O)O)c(C(F)(F)F)c1. The highest BCUT2D eigenvalue weighted by atomic mass is 19.4. The van der Waals surface area contributed by atoms with Crippen LogP contribution in [0, 0.1) is 0 Å². The third kappa shape index (κ3) is 4.66. The maximum absolute atomic E-state index is 13.1. The van der Waals surface area contributed by atoms with Gasteiger partial charge in [0.1, 0.15) is 0 Å². The van der Waals surface area contributed by atoms with E-state index in [9.17, 15) is 18.0 Å². The number of carbonyl (C=O) groups is 1. The first kappa shape index (κ1) is 16.8. The lowest BCUT2D eigenvalue weighted by molar-refractivity contribution is -0.137. The van der Waals surface area contributed by atoms with E-state index >= 15 is 0 Å². The van der Waals surface area contributed by atoms with Crippen LogP contribution in [0.5, 0.6) is 0 Å². The van der Waals surface area contributed by atoms with Crippen molar-refractivity contribution in [3.05, 3.63) is 48.1 Å². The summed E-state index contributed by atoms with van der Waals surface area (Å²) in [6.45, 7) is 6.36. The average molecular weight is 299 g/mol. The Morgan fingerprint density at radius 1 is 1.43 bits per heavy atom. The molecule has 21 heavy (non-hydrogen) atoms.